The van der Waals surface area contributed by atoms with Gasteiger partial charge in [-0.25, -0.2) is 0 Å². The first-order valence-electron chi connectivity index (χ1n) is 5.70. The second-order valence-corrected chi connectivity index (χ2v) is 4.88. The van der Waals surface area contributed by atoms with Gasteiger partial charge >= 0.3 is 0 Å². The molecule has 1 N–H and O–H groups in total. The molecule has 0 fully saturated rings. The van der Waals surface area contributed by atoms with Gasteiger partial charge in [0.25, 0.3) is 0 Å². The van der Waals surface area contributed by atoms with Gasteiger partial charge in [-0.3, -0.25) is 4.90 Å². The molecule has 1 aromatic carbocycles. The zero-order valence-corrected chi connectivity index (χ0v) is 11.5. The van der Waals surface area contributed by atoms with Crippen LogP contribution in [0.4, 0.5) is 0 Å². The molecule has 17 heavy (non-hydrogen) atoms. The van der Waals surface area contributed by atoms with Gasteiger partial charge < -0.3 is 5.11 Å². The molecule has 92 valence electrons. The zero-order chi connectivity index (χ0) is 12.7. The zero-order valence-electron chi connectivity index (χ0n) is 9.93. The topological polar surface area (TPSA) is 47.3 Å². The minimum atomic E-state index is -0.549. The SMILES string of the molecule is CCCN(CC#N)CC(O)c1cccc(Br)c1. The van der Waals surface area contributed by atoms with Crippen LogP contribution in [0.25, 0.3) is 0 Å². The molecule has 0 amide bonds. The molecule has 0 aliphatic heterocycles. The third-order valence-electron chi connectivity index (χ3n) is 2.50. The number of aliphatic hydroxyl groups is 1. The molecule has 0 saturated carbocycles. The summed E-state index contributed by atoms with van der Waals surface area (Å²) in [6.07, 6.45) is 0.430. The van der Waals surface area contributed by atoms with Crippen molar-refractivity contribution in [3.63, 3.8) is 0 Å². The van der Waals surface area contributed by atoms with Crippen molar-refractivity contribution in [2.45, 2.75) is 19.4 Å². The summed E-state index contributed by atoms with van der Waals surface area (Å²) in [5.41, 5.74) is 0.874. The second kappa shape index (κ2) is 7.44. The molecule has 0 saturated heterocycles. The van der Waals surface area contributed by atoms with Gasteiger partial charge in [-0.05, 0) is 30.7 Å². The van der Waals surface area contributed by atoms with Crippen LogP contribution in [0.5, 0.6) is 0 Å². The first kappa shape index (κ1) is 14.2. The smallest absolute Gasteiger partial charge is 0.0917 e. The summed E-state index contributed by atoms with van der Waals surface area (Å²) in [5.74, 6) is 0. The molecule has 4 heteroatoms. The van der Waals surface area contributed by atoms with E-state index in [1.54, 1.807) is 0 Å². The van der Waals surface area contributed by atoms with E-state index in [0.29, 0.717) is 13.1 Å². The summed E-state index contributed by atoms with van der Waals surface area (Å²) in [6.45, 7) is 3.76. The quantitative estimate of drug-likeness (QED) is 0.821. The lowest BCUT2D eigenvalue weighted by Crippen LogP contribution is -2.29. The van der Waals surface area contributed by atoms with E-state index in [9.17, 15) is 5.11 Å². The van der Waals surface area contributed by atoms with E-state index in [1.165, 1.54) is 0 Å². The summed E-state index contributed by atoms with van der Waals surface area (Å²) in [6, 6.07) is 9.75. The van der Waals surface area contributed by atoms with Crippen LogP contribution in [0.3, 0.4) is 0 Å². The molecule has 0 aliphatic carbocycles. The summed E-state index contributed by atoms with van der Waals surface area (Å²) < 4.78 is 0.955. The third kappa shape index (κ3) is 4.86. The molecule has 0 aliphatic rings. The van der Waals surface area contributed by atoms with Crippen LogP contribution in [-0.4, -0.2) is 29.6 Å². The van der Waals surface area contributed by atoms with Crippen molar-refractivity contribution in [1.82, 2.24) is 4.90 Å². The lowest BCUT2D eigenvalue weighted by molar-refractivity contribution is 0.120. The maximum absolute atomic E-state index is 10.1. The molecule has 0 spiro atoms. The lowest BCUT2D eigenvalue weighted by Gasteiger charge is -2.22. The minimum absolute atomic E-state index is 0.360. The van der Waals surface area contributed by atoms with Crippen LogP contribution in [0.1, 0.15) is 25.0 Å². The van der Waals surface area contributed by atoms with Crippen molar-refractivity contribution in [2.75, 3.05) is 19.6 Å². The monoisotopic (exact) mass is 296 g/mol. The van der Waals surface area contributed by atoms with E-state index < -0.39 is 6.10 Å². The number of benzene rings is 1. The van der Waals surface area contributed by atoms with Crippen LogP contribution in [0.15, 0.2) is 28.7 Å². The van der Waals surface area contributed by atoms with Crippen molar-refractivity contribution >= 4 is 15.9 Å². The van der Waals surface area contributed by atoms with Gasteiger partial charge in [0.2, 0.25) is 0 Å². The summed E-state index contributed by atoms with van der Waals surface area (Å²) in [5, 5.41) is 18.8. The van der Waals surface area contributed by atoms with Crippen LogP contribution in [0.2, 0.25) is 0 Å². The Bertz CT molecular complexity index is 389. The van der Waals surface area contributed by atoms with Gasteiger partial charge in [-0.1, -0.05) is 35.0 Å². The maximum Gasteiger partial charge on any atom is 0.0917 e. The van der Waals surface area contributed by atoms with Crippen molar-refractivity contribution in [3.05, 3.63) is 34.3 Å². The Balaban J connectivity index is 2.63. The summed E-state index contributed by atoms with van der Waals surface area (Å²) in [7, 11) is 0. The molecule has 0 radical (unpaired) electrons. The molecular formula is C13H17BrN2O. The minimum Gasteiger partial charge on any atom is -0.387 e. The molecule has 1 atom stereocenters. The van der Waals surface area contributed by atoms with Gasteiger partial charge in [0, 0.05) is 11.0 Å². The Morgan fingerprint density at radius 1 is 1.53 bits per heavy atom. The molecule has 0 heterocycles. The van der Waals surface area contributed by atoms with Crippen molar-refractivity contribution in [2.24, 2.45) is 0 Å². The van der Waals surface area contributed by atoms with E-state index in [4.69, 9.17) is 5.26 Å². The van der Waals surface area contributed by atoms with Crippen molar-refractivity contribution in [1.29, 1.82) is 5.26 Å². The molecule has 1 rings (SSSR count). The fraction of sp³-hybridized carbons (Fsp3) is 0.462. The molecule has 1 aromatic rings. The average Bonchev–Trinajstić information content (AvgIpc) is 2.29. The fourth-order valence-electron chi connectivity index (χ4n) is 1.71. The highest BCUT2D eigenvalue weighted by molar-refractivity contribution is 9.10. The van der Waals surface area contributed by atoms with Gasteiger partial charge in [0.05, 0.1) is 18.7 Å². The predicted octanol–water partition coefficient (Wildman–Crippen LogP) is 2.72. The summed E-state index contributed by atoms with van der Waals surface area (Å²) in [4.78, 5) is 1.96. The Hall–Kier alpha value is -0.890. The molecule has 1 unspecified atom stereocenters. The first-order valence-corrected chi connectivity index (χ1v) is 6.49. The third-order valence-corrected chi connectivity index (χ3v) is 2.99. The molecular weight excluding hydrogens is 280 g/mol. The lowest BCUT2D eigenvalue weighted by atomic mass is 10.1. The van der Waals surface area contributed by atoms with E-state index in [1.807, 2.05) is 29.2 Å². The number of aliphatic hydroxyl groups excluding tert-OH is 1. The van der Waals surface area contributed by atoms with Gasteiger partial charge in [0.1, 0.15) is 0 Å². The van der Waals surface area contributed by atoms with E-state index in [-0.39, 0.29) is 0 Å². The highest BCUT2D eigenvalue weighted by Gasteiger charge is 2.12. The Kier molecular flexibility index (Phi) is 6.20. The van der Waals surface area contributed by atoms with Gasteiger partial charge in [0.15, 0.2) is 0 Å². The number of rotatable bonds is 6. The Morgan fingerprint density at radius 2 is 2.29 bits per heavy atom. The fourth-order valence-corrected chi connectivity index (χ4v) is 2.13. The molecule has 3 nitrogen and oxygen atoms in total. The van der Waals surface area contributed by atoms with E-state index in [2.05, 4.69) is 28.9 Å². The maximum atomic E-state index is 10.1. The van der Waals surface area contributed by atoms with Gasteiger partial charge in [-0.2, -0.15) is 5.26 Å². The van der Waals surface area contributed by atoms with Crippen LogP contribution >= 0.6 is 15.9 Å². The average molecular weight is 297 g/mol. The first-order chi connectivity index (χ1) is 8.17. The molecule has 0 bridgehead atoms. The number of halogens is 1. The highest BCUT2D eigenvalue weighted by Crippen LogP contribution is 2.19. The number of nitriles is 1. The van der Waals surface area contributed by atoms with Crippen LogP contribution in [-0.2, 0) is 0 Å². The Morgan fingerprint density at radius 3 is 2.88 bits per heavy atom. The largest absolute Gasteiger partial charge is 0.387 e. The van der Waals surface area contributed by atoms with Crippen LogP contribution in [0, 0.1) is 11.3 Å². The van der Waals surface area contributed by atoms with E-state index in [0.717, 1.165) is 23.0 Å². The van der Waals surface area contributed by atoms with E-state index >= 15 is 0 Å². The van der Waals surface area contributed by atoms with Crippen molar-refractivity contribution in [3.8, 4) is 6.07 Å². The summed E-state index contributed by atoms with van der Waals surface area (Å²) >= 11 is 3.38. The standard InChI is InChI=1S/C13H17BrN2O/c1-2-7-16(8-6-15)10-13(17)11-4-3-5-12(14)9-11/h3-5,9,13,17H,2,7-8,10H2,1H3. The number of hydrogen-bond donors (Lipinski definition) is 1. The number of hydrogen-bond acceptors (Lipinski definition) is 3. The van der Waals surface area contributed by atoms with Crippen LogP contribution < -0.4 is 0 Å². The molecule has 0 aromatic heterocycles. The number of nitrogens with zero attached hydrogens (tertiary/aromatic N) is 2. The van der Waals surface area contributed by atoms with Crippen molar-refractivity contribution < 1.29 is 5.11 Å². The Labute approximate surface area is 111 Å². The predicted molar refractivity (Wildman–Crippen MR) is 71.4 cm³/mol. The van der Waals surface area contributed by atoms with Gasteiger partial charge in [-0.15, -0.1) is 0 Å². The normalized spacial score (nSPS) is 12.4. The highest BCUT2D eigenvalue weighted by atomic mass is 79.9. The second-order valence-electron chi connectivity index (χ2n) is 3.96.